The lowest BCUT2D eigenvalue weighted by atomic mass is 9.83. The van der Waals surface area contributed by atoms with Gasteiger partial charge in [-0.25, -0.2) is 4.79 Å². The molecule has 1 aliphatic carbocycles. The van der Waals surface area contributed by atoms with Crippen LogP contribution in [-0.4, -0.2) is 34.0 Å². The topological polar surface area (TPSA) is 57.6 Å². The number of hydrogen-bond acceptors (Lipinski definition) is 2. The molecule has 0 aromatic rings. The van der Waals surface area contributed by atoms with Gasteiger partial charge >= 0.3 is 5.97 Å². The van der Waals surface area contributed by atoms with Gasteiger partial charge in [0.05, 0.1) is 0 Å². The van der Waals surface area contributed by atoms with E-state index in [4.69, 9.17) is 5.11 Å². The fourth-order valence-corrected chi connectivity index (χ4v) is 3.57. The van der Waals surface area contributed by atoms with Crippen molar-refractivity contribution in [3.8, 4) is 0 Å². The second kappa shape index (κ2) is 4.41. The van der Waals surface area contributed by atoms with Crippen LogP contribution in [0.1, 0.15) is 44.9 Å². The van der Waals surface area contributed by atoms with Crippen molar-refractivity contribution in [2.45, 2.75) is 57.0 Å². The van der Waals surface area contributed by atoms with E-state index in [1.807, 2.05) is 0 Å². The van der Waals surface area contributed by atoms with Gasteiger partial charge in [0.1, 0.15) is 0 Å². The Bertz CT molecular complexity index is 395. The molecule has 4 heteroatoms. The van der Waals surface area contributed by atoms with E-state index >= 15 is 0 Å². The van der Waals surface area contributed by atoms with Crippen LogP contribution >= 0.6 is 0 Å². The van der Waals surface area contributed by atoms with Crippen molar-refractivity contribution in [2.75, 3.05) is 0 Å². The summed E-state index contributed by atoms with van der Waals surface area (Å²) >= 11 is 0. The third-order valence-corrected chi connectivity index (χ3v) is 4.65. The molecule has 98 valence electrons. The minimum absolute atomic E-state index is 0.262. The van der Waals surface area contributed by atoms with Crippen molar-refractivity contribution >= 4 is 11.9 Å². The number of carbonyl (C=O) groups excluding carboxylic acids is 1. The van der Waals surface area contributed by atoms with Gasteiger partial charge in [-0.1, -0.05) is 12.0 Å². The lowest BCUT2D eigenvalue weighted by molar-refractivity contribution is -0.141. The van der Waals surface area contributed by atoms with Gasteiger partial charge in [0, 0.05) is 24.1 Å². The summed E-state index contributed by atoms with van der Waals surface area (Å²) < 4.78 is 0. The number of hydrogen-bond donors (Lipinski definition) is 1. The number of carboxylic acids is 1. The first-order chi connectivity index (χ1) is 8.65. The van der Waals surface area contributed by atoms with Crippen molar-refractivity contribution in [1.82, 2.24) is 4.90 Å². The predicted molar refractivity (Wildman–Crippen MR) is 65.9 cm³/mol. The molecule has 2 aliphatic heterocycles. The summed E-state index contributed by atoms with van der Waals surface area (Å²) in [6, 6.07) is 0.532. The van der Waals surface area contributed by atoms with E-state index in [9.17, 15) is 9.59 Å². The lowest BCUT2D eigenvalue weighted by Crippen LogP contribution is -2.48. The molecule has 3 aliphatic rings. The summed E-state index contributed by atoms with van der Waals surface area (Å²) in [5, 5.41) is 8.81. The van der Waals surface area contributed by atoms with E-state index in [0.717, 1.165) is 44.1 Å². The summed E-state index contributed by atoms with van der Waals surface area (Å²) in [4.78, 5) is 25.2. The third-order valence-electron chi connectivity index (χ3n) is 4.65. The van der Waals surface area contributed by atoms with E-state index < -0.39 is 5.97 Å². The Kier molecular flexibility index (Phi) is 2.88. The molecule has 2 bridgehead atoms. The van der Waals surface area contributed by atoms with Crippen LogP contribution in [0.5, 0.6) is 0 Å². The van der Waals surface area contributed by atoms with Crippen LogP contribution in [0.4, 0.5) is 0 Å². The largest absolute Gasteiger partial charge is 0.478 e. The van der Waals surface area contributed by atoms with E-state index in [2.05, 4.69) is 4.90 Å². The first-order valence-electron chi connectivity index (χ1n) is 6.89. The number of nitrogens with zero attached hydrogens (tertiary/aromatic N) is 1. The number of carbonyl (C=O) groups is 2. The molecule has 1 saturated carbocycles. The number of amides is 1. The van der Waals surface area contributed by atoms with Gasteiger partial charge in [0.15, 0.2) is 0 Å². The molecular weight excluding hydrogens is 230 g/mol. The Morgan fingerprint density at radius 1 is 1.11 bits per heavy atom. The number of fused-ring (bicyclic) bond motifs is 2. The standard InChI is InChI=1S/C14H19NO3/c16-13(17)8-9-6-11-4-5-12(7-9)15(11)14(18)10-2-1-3-10/h8,10-12H,1-7H2,(H,16,17). The number of aliphatic carboxylic acids is 1. The zero-order chi connectivity index (χ0) is 12.7. The van der Waals surface area contributed by atoms with Crippen LogP contribution < -0.4 is 0 Å². The molecule has 4 nitrogen and oxygen atoms in total. The maximum atomic E-state index is 12.4. The smallest absolute Gasteiger partial charge is 0.328 e. The third kappa shape index (κ3) is 1.93. The summed E-state index contributed by atoms with van der Waals surface area (Å²) in [6.07, 6.45) is 8.24. The Labute approximate surface area is 107 Å². The minimum atomic E-state index is -0.858. The van der Waals surface area contributed by atoms with Crippen molar-refractivity contribution in [1.29, 1.82) is 0 Å². The van der Waals surface area contributed by atoms with Gasteiger partial charge in [0.2, 0.25) is 5.91 Å². The highest BCUT2D eigenvalue weighted by Crippen LogP contribution is 2.41. The Morgan fingerprint density at radius 2 is 1.72 bits per heavy atom. The molecule has 1 amide bonds. The van der Waals surface area contributed by atoms with Crippen LogP contribution in [0.3, 0.4) is 0 Å². The molecular formula is C14H19NO3. The Hall–Kier alpha value is -1.32. The first-order valence-corrected chi connectivity index (χ1v) is 6.89. The van der Waals surface area contributed by atoms with Gasteiger partial charge < -0.3 is 10.0 Å². The second-order valence-corrected chi connectivity index (χ2v) is 5.81. The molecule has 2 atom stereocenters. The quantitative estimate of drug-likeness (QED) is 0.761. The fourth-order valence-electron chi connectivity index (χ4n) is 3.57. The van der Waals surface area contributed by atoms with Gasteiger partial charge in [-0.2, -0.15) is 0 Å². The molecule has 0 aromatic carbocycles. The molecule has 3 fully saturated rings. The summed E-state index contributed by atoms with van der Waals surface area (Å²) in [7, 11) is 0. The maximum absolute atomic E-state index is 12.4. The molecule has 3 rings (SSSR count). The normalized spacial score (nSPS) is 31.1. The Balaban J connectivity index is 1.73. The number of piperidine rings is 1. The van der Waals surface area contributed by atoms with E-state index in [0.29, 0.717) is 5.91 Å². The molecule has 2 saturated heterocycles. The molecule has 0 radical (unpaired) electrons. The average molecular weight is 249 g/mol. The predicted octanol–water partition coefficient (Wildman–Crippen LogP) is 1.95. The molecule has 0 aromatic heterocycles. The minimum Gasteiger partial charge on any atom is -0.478 e. The van der Waals surface area contributed by atoms with Crippen LogP contribution in [0.2, 0.25) is 0 Å². The fraction of sp³-hybridized carbons (Fsp3) is 0.714. The van der Waals surface area contributed by atoms with Crippen molar-refractivity contribution in [3.05, 3.63) is 11.6 Å². The van der Waals surface area contributed by atoms with Gasteiger partial charge in [-0.05, 0) is 38.5 Å². The zero-order valence-electron chi connectivity index (χ0n) is 10.5. The molecule has 18 heavy (non-hydrogen) atoms. The van der Waals surface area contributed by atoms with Gasteiger partial charge in [-0.15, -0.1) is 0 Å². The van der Waals surface area contributed by atoms with E-state index in [-0.39, 0.29) is 18.0 Å². The van der Waals surface area contributed by atoms with Crippen LogP contribution in [0.15, 0.2) is 11.6 Å². The molecule has 0 spiro atoms. The maximum Gasteiger partial charge on any atom is 0.328 e. The van der Waals surface area contributed by atoms with Crippen LogP contribution in [-0.2, 0) is 9.59 Å². The number of carboxylic acid groups (broad SMARTS) is 1. The van der Waals surface area contributed by atoms with Gasteiger partial charge in [0.25, 0.3) is 0 Å². The number of rotatable bonds is 2. The van der Waals surface area contributed by atoms with E-state index in [1.165, 1.54) is 12.5 Å². The van der Waals surface area contributed by atoms with Crippen molar-refractivity contribution in [3.63, 3.8) is 0 Å². The van der Waals surface area contributed by atoms with Gasteiger partial charge in [-0.3, -0.25) is 4.79 Å². The molecule has 2 heterocycles. The van der Waals surface area contributed by atoms with Crippen LogP contribution in [0, 0.1) is 5.92 Å². The first kappa shape index (κ1) is 11.8. The van der Waals surface area contributed by atoms with Crippen molar-refractivity contribution in [2.24, 2.45) is 5.92 Å². The Morgan fingerprint density at radius 3 is 2.17 bits per heavy atom. The second-order valence-electron chi connectivity index (χ2n) is 5.81. The van der Waals surface area contributed by atoms with Crippen LogP contribution in [0.25, 0.3) is 0 Å². The average Bonchev–Trinajstić information content (AvgIpc) is 2.47. The summed E-state index contributed by atoms with van der Waals surface area (Å²) in [5.41, 5.74) is 1.01. The SMILES string of the molecule is O=C(O)C=C1CC2CCC(C1)N2C(=O)C1CCC1. The van der Waals surface area contributed by atoms with E-state index in [1.54, 1.807) is 0 Å². The highest BCUT2D eigenvalue weighted by atomic mass is 16.4. The van der Waals surface area contributed by atoms with Crippen molar-refractivity contribution < 1.29 is 14.7 Å². The highest BCUT2D eigenvalue weighted by Gasteiger charge is 2.44. The molecule has 2 unspecified atom stereocenters. The zero-order valence-corrected chi connectivity index (χ0v) is 10.5. The monoisotopic (exact) mass is 249 g/mol. The summed E-state index contributed by atoms with van der Waals surface area (Å²) in [5.74, 6) is -0.260. The summed E-state index contributed by atoms with van der Waals surface area (Å²) in [6.45, 7) is 0. The highest BCUT2D eigenvalue weighted by molar-refractivity contribution is 5.82. The lowest BCUT2D eigenvalue weighted by Gasteiger charge is -2.40. The molecule has 1 N–H and O–H groups in total.